The van der Waals surface area contributed by atoms with Gasteiger partial charge in [-0.05, 0) is 32.9 Å². The molecule has 1 aliphatic heterocycles. The van der Waals surface area contributed by atoms with Crippen molar-refractivity contribution in [1.82, 2.24) is 14.3 Å². The number of nitrogens with zero attached hydrogens (tertiary/aromatic N) is 4. The maximum absolute atomic E-state index is 9.48. The Morgan fingerprint density at radius 3 is 2.89 bits per heavy atom. The predicted molar refractivity (Wildman–Crippen MR) is 72.0 cm³/mol. The molecular formula is C12H13ClN4S. The molecule has 3 rings (SSSR count). The van der Waals surface area contributed by atoms with Crippen LogP contribution in [0.3, 0.4) is 0 Å². The Hall–Kier alpha value is -1.09. The van der Waals surface area contributed by atoms with Crippen molar-refractivity contribution < 1.29 is 0 Å². The maximum Gasteiger partial charge on any atom is 0.195 e. The van der Waals surface area contributed by atoms with E-state index >= 15 is 0 Å². The molecule has 6 heteroatoms. The summed E-state index contributed by atoms with van der Waals surface area (Å²) in [7, 11) is 0. The zero-order valence-corrected chi connectivity index (χ0v) is 11.6. The monoisotopic (exact) mass is 280 g/mol. The Morgan fingerprint density at radius 1 is 1.50 bits per heavy atom. The van der Waals surface area contributed by atoms with Gasteiger partial charge in [0.25, 0.3) is 0 Å². The van der Waals surface area contributed by atoms with Crippen LogP contribution in [-0.2, 0) is 0 Å². The molecule has 1 saturated heterocycles. The minimum Gasteiger partial charge on any atom is -0.288 e. The fourth-order valence-electron chi connectivity index (χ4n) is 2.55. The summed E-state index contributed by atoms with van der Waals surface area (Å²) in [6.45, 7) is 3.94. The van der Waals surface area contributed by atoms with Gasteiger partial charge in [0, 0.05) is 11.1 Å². The first kappa shape index (κ1) is 12.0. The van der Waals surface area contributed by atoms with Crippen LogP contribution in [0.5, 0.6) is 0 Å². The molecule has 0 N–H and O–H groups in total. The molecule has 0 amide bonds. The van der Waals surface area contributed by atoms with Gasteiger partial charge in [0.2, 0.25) is 0 Å². The quantitative estimate of drug-likeness (QED) is 0.849. The van der Waals surface area contributed by atoms with Crippen LogP contribution in [0.15, 0.2) is 5.38 Å². The van der Waals surface area contributed by atoms with Gasteiger partial charge in [-0.2, -0.15) is 5.26 Å². The highest BCUT2D eigenvalue weighted by Crippen LogP contribution is 2.33. The number of halogens is 1. The summed E-state index contributed by atoms with van der Waals surface area (Å²) < 4.78 is 2.01. The number of nitriles is 1. The normalized spacial score (nSPS) is 18.3. The number of likely N-dealkylation sites (tertiary alicyclic amines) is 1. The van der Waals surface area contributed by atoms with Gasteiger partial charge in [-0.15, -0.1) is 11.3 Å². The van der Waals surface area contributed by atoms with Crippen LogP contribution in [0.2, 0.25) is 5.15 Å². The SMILES string of the molecule is Cc1csc2nc(Cl)c(C(C#N)N3CCCC3)n12. The van der Waals surface area contributed by atoms with E-state index in [1.54, 1.807) is 11.3 Å². The van der Waals surface area contributed by atoms with E-state index in [1.807, 2.05) is 16.7 Å². The lowest BCUT2D eigenvalue weighted by molar-refractivity contribution is 0.289. The lowest BCUT2D eigenvalue weighted by Crippen LogP contribution is -2.25. The smallest absolute Gasteiger partial charge is 0.195 e. The third-order valence-corrected chi connectivity index (χ3v) is 4.63. The lowest BCUT2D eigenvalue weighted by atomic mass is 10.2. The first-order valence-corrected chi connectivity index (χ1v) is 7.23. The summed E-state index contributed by atoms with van der Waals surface area (Å²) >= 11 is 7.79. The average molecular weight is 281 g/mol. The highest BCUT2D eigenvalue weighted by atomic mass is 35.5. The van der Waals surface area contributed by atoms with E-state index in [2.05, 4.69) is 16.0 Å². The van der Waals surface area contributed by atoms with Crippen LogP contribution in [0.4, 0.5) is 0 Å². The summed E-state index contributed by atoms with van der Waals surface area (Å²) in [5.41, 5.74) is 1.92. The standard InChI is InChI=1S/C12H13ClN4S/c1-8-7-18-12-15-11(13)10(17(8)12)9(6-14)16-4-2-3-5-16/h7,9H,2-5H2,1H3. The third kappa shape index (κ3) is 1.72. The van der Waals surface area contributed by atoms with Crippen molar-refractivity contribution in [2.75, 3.05) is 13.1 Å². The van der Waals surface area contributed by atoms with Gasteiger partial charge in [-0.1, -0.05) is 11.6 Å². The minimum absolute atomic E-state index is 0.289. The van der Waals surface area contributed by atoms with Crippen LogP contribution < -0.4 is 0 Å². The lowest BCUT2D eigenvalue weighted by Gasteiger charge is -2.21. The highest BCUT2D eigenvalue weighted by Gasteiger charge is 2.29. The average Bonchev–Trinajstić information content (AvgIpc) is 3.03. The first-order chi connectivity index (χ1) is 8.72. The number of aryl methyl sites for hydroxylation is 1. The Bertz CT molecular complexity index is 618. The second kappa shape index (κ2) is 4.54. The summed E-state index contributed by atoms with van der Waals surface area (Å²) in [5.74, 6) is 0. The number of fused-ring (bicyclic) bond motifs is 1. The summed E-state index contributed by atoms with van der Waals surface area (Å²) in [6, 6.07) is 2.09. The molecule has 0 aliphatic carbocycles. The molecule has 0 radical (unpaired) electrons. The maximum atomic E-state index is 9.48. The van der Waals surface area contributed by atoms with Crippen molar-refractivity contribution in [3.8, 4) is 6.07 Å². The topological polar surface area (TPSA) is 44.3 Å². The van der Waals surface area contributed by atoms with Gasteiger partial charge < -0.3 is 0 Å². The Labute approximate surface area is 114 Å². The molecule has 0 spiro atoms. The Balaban J connectivity index is 2.14. The zero-order chi connectivity index (χ0) is 12.7. The highest BCUT2D eigenvalue weighted by molar-refractivity contribution is 7.15. The number of aromatic nitrogens is 2. The van der Waals surface area contributed by atoms with Crippen LogP contribution in [0, 0.1) is 18.3 Å². The van der Waals surface area contributed by atoms with Crippen LogP contribution >= 0.6 is 22.9 Å². The Kier molecular flexibility index (Phi) is 3.02. The number of hydrogen-bond donors (Lipinski definition) is 0. The largest absolute Gasteiger partial charge is 0.288 e. The molecule has 3 heterocycles. The molecule has 1 unspecified atom stereocenters. The van der Waals surface area contributed by atoms with Gasteiger partial charge in [-0.3, -0.25) is 9.30 Å². The molecule has 0 bridgehead atoms. The first-order valence-electron chi connectivity index (χ1n) is 5.98. The number of rotatable bonds is 2. The molecule has 0 aromatic carbocycles. The molecule has 2 aromatic rings. The van der Waals surface area contributed by atoms with Crippen LogP contribution in [0.1, 0.15) is 30.3 Å². The number of hydrogen-bond acceptors (Lipinski definition) is 4. The van der Waals surface area contributed by atoms with Crippen LogP contribution in [0.25, 0.3) is 4.96 Å². The molecular weight excluding hydrogens is 268 g/mol. The van der Waals surface area contributed by atoms with E-state index in [0.29, 0.717) is 5.15 Å². The van der Waals surface area contributed by atoms with Crippen molar-refractivity contribution in [2.45, 2.75) is 25.8 Å². The van der Waals surface area contributed by atoms with E-state index in [4.69, 9.17) is 11.6 Å². The zero-order valence-electron chi connectivity index (χ0n) is 10.1. The van der Waals surface area contributed by atoms with Crippen LogP contribution in [-0.4, -0.2) is 27.4 Å². The fourth-order valence-corrected chi connectivity index (χ4v) is 3.74. The second-order valence-corrected chi connectivity index (χ2v) is 5.75. The van der Waals surface area contributed by atoms with E-state index < -0.39 is 0 Å². The summed E-state index contributed by atoms with van der Waals surface area (Å²) in [4.78, 5) is 7.40. The van der Waals surface area contributed by atoms with Gasteiger partial charge >= 0.3 is 0 Å². The number of imidazole rings is 1. The Morgan fingerprint density at radius 2 is 2.22 bits per heavy atom. The van der Waals surface area contributed by atoms with Crippen molar-refractivity contribution in [3.63, 3.8) is 0 Å². The third-order valence-electron chi connectivity index (χ3n) is 3.41. The molecule has 1 fully saturated rings. The molecule has 4 nitrogen and oxygen atoms in total. The van der Waals surface area contributed by atoms with E-state index in [1.165, 1.54) is 0 Å². The van der Waals surface area contributed by atoms with Crippen molar-refractivity contribution in [3.05, 3.63) is 21.9 Å². The number of thiazole rings is 1. The summed E-state index contributed by atoms with van der Waals surface area (Å²) in [5, 5.41) is 12.0. The molecule has 0 saturated carbocycles. The van der Waals surface area contributed by atoms with Crippen molar-refractivity contribution in [1.29, 1.82) is 5.26 Å². The molecule has 18 heavy (non-hydrogen) atoms. The predicted octanol–water partition coefficient (Wildman–Crippen LogP) is 3.02. The second-order valence-electron chi connectivity index (χ2n) is 4.56. The van der Waals surface area contributed by atoms with Crippen molar-refractivity contribution in [2.24, 2.45) is 0 Å². The van der Waals surface area contributed by atoms with Crippen molar-refractivity contribution >= 4 is 27.9 Å². The van der Waals surface area contributed by atoms with Gasteiger partial charge in [0.1, 0.15) is 6.04 Å². The minimum atomic E-state index is -0.289. The molecule has 94 valence electrons. The van der Waals surface area contributed by atoms with Gasteiger partial charge in [-0.25, -0.2) is 4.98 Å². The van der Waals surface area contributed by atoms with E-state index in [-0.39, 0.29) is 6.04 Å². The molecule has 2 aromatic heterocycles. The molecule has 1 aliphatic rings. The van der Waals surface area contributed by atoms with E-state index in [0.717, 1.165) is 42.3 Å². The van der Waals surface area contributed by atoms with Gasteiger partial charge in [0.05, 0.1) is 11.8 Å². The van der Waals surface area contributed by atoms with E-state index in [9.17, 15) is 5.26 Å². The molecule has 1 atom stereocenters. The van der Waals surface area contributed by atoms with Gasteiger partial charge in [0.15, 0.2) is 10.1 Å². The fraction of sp³-hybridized carbons (Fsp3) is 0.500. The summed E-state index contributed by atoms with van der Waals surface area (Å²) in [6.07, 6.45) is 2.31.